The van der Waals surface area contributed by atoms with Gasteiger partial charge in [-0.3, -0.25) is 9.57 Å². The average molecular weight is 570 g/mol. The SMILES string of the molecule is C[C@@H](C#N)NC(=O)[C@@H]1C[C@@H](F)CC[C@H]1c1nn(-c2ncccc2F)cc1-c1ccc(N2CC[SH](=N)(O)CC2)cc1. The van der Waals surface area contributed by atoms with Crippen molar-refractivity contribution in [3.63, 3.8) is 0 Å². The van der Waals surface area contributed by atoms with Gasteiger partial charge in [-0.25, -0.2) is 18.4 Å². The van der Waals surface area contributed by atoms with Crippen LogP contribution in [0.3, 0.4) is 0 Å². The predicted molar refractivity (Wildman–Crippen MR) is 151 cm³/mol. The van der Waals surface area contributed by atoms with Crippen molar-refractivity contribution in [1.82, 2.24) is 20.1 Å². The van der Waals surface area contributed by atoms with Gasteiger partial charge in [0.1, 0.15) is 12.2 Å². The quantitative estimate of drug-likeness (QED) is 0.328. The molecule has 1 aromatic carbocycles. The summed E-state index contributed by atoms with van der Waals surface area (Å²) in [5.74, 6) is -1.19. The Balaban J connectivity index is 1.53. The van der Waals surface area contributed by atoms with Crippen molar-refractivity contribution in [2.45, 2.75) is 44.3 Å². The van der Waals surface area contributed by atoms with Crippen LogP contribution in [0.25, 0.3) is 16.9 Å². The molecule has 2 aliphatic rings. The first-order valence-corrected chi connectivity index (χ1v) is 15.5. The first-order valence-electron chi connectivity index (χ1n) is 13.4. The Hall–Kier alpha value is -3.69. The monoisotopic (exact) mass is 569 g/mol. The third kappa shape index (κ3) is 5.90. The van der Waals surface area contributed by atoms with Gasteiger partial charge in [-0.15, -0.1) is 10.1 Å². The van der Waals surface area contributed by atoms with E-state index in [1.165, 1.54) is 23.0 Å². The lowest BCUT2D eigenvalue weighted by Crippen LogP contribution is -2.42. The molecule has 1 saturated heterocycles. The van der Waals surface area contributed by atoms with Crippen molar-refractivity contribution in [3.05, 3.63) is 60.3 Å². The Morgan fingerprint density at radius 2 is 1.98 bits per heavy atom. The highest BCUT2D eigenvalue weighted by Gasteiger charge is 2.39. The summed E-state index contributed by atoms with van der Waals surface area (Å²) in [6.45, 7) is 2.79. The molecular formula is C28H33F2N7O2S. The fourth-order valence-corrected chi connectivity index (χ4v) is 6.90. The van der Waals surface area contributed by atoms with Gasteiger partial charge in [-0.05, 0) is 56.0 Å². The summed E-state index contributed by atoms with van der Waals surface area (Å²) >= 11 is 0. The minimum Gasteiger partial charge on any atom is -0.370 e. The number of rotatable bonds is 6. The van der Waals surface area contributed by atoms with Gasteiger partial charge in [0.2, 0.25) is 5.91 Å². The molecule has 5 rings (SSSR count). The van der Waals surface area contributed by atoms with Crippen LogP contribution in [0.4, 0.5) is 14.5 Å². The lowest BCUT2D eigenvalue weighted by atomic mass is 9.74. The number of thiol groups is 1. The molecule has 4 atom stereocenters. The van der Waals surface area contributed by atoms with E-state index in [0.29, 0.717) is 42.3 Å². The van der Waals surface area contributed by atoms with E-state index in [9.17, 15) is 23.4 Å². The van der Waals surface area contributed by atoms with Crippen molar-refractivity contribution < 1.29 is 18.1 Å². The van der Waals surface area contributed by atoms with Gasteiger partial charge in [0.05, 0.1) is 11.8 Å². The van der Waals surface area contributed by atoms with E-state index in [1.807, 2.05) is 30.3 Å². The molecule has 0 bridgehead atoms. The van der Waals surface area contributed by atoms with E-state index >= 15 is 0 Å². The number of halogens is 2. The largest absolute Gasteiger partial charge is 0.370 e. The number of nitriles is 1. The number of carbonyl (C=O) groups is 1. The molecule has 0 radical (unpaired) electrons. The van der Waals surface area contributed by atoms with Gasteiger partial charge >= 0.3 is 0 Å². The highest BCUT2D eigenvalue weighted by Crippen LogP contribution is 2.43. The summed E-state index contributed by atoms with van der Waals surface area (Å²) in [5, 5.41) is 16.6. The van der Waals surface area contributed by atoms with Crippen LogP contribution < -0.4 is 10.2 Å². The smallest absolute Gasteiger partial charge is 0.224 e. The summed E-state index contributed by atoms with van der Waals surface area (Å²) in [6, 6.07) is 11.8. The Bertz CT molecular complexity index is 1460. The van der Waals surface area contributed by atoms with Crippen LogP contribution in [-0.4, -0.2) is 62.0 Å². The molecule has 3 N–H and O–H groups in total. The third-order valence-corrected chi connectivity index (χ3v) is 9.63. The average Bonchev–Trinajstić information content (AvgIpc) is 3.38. The van der Waals surface area contributed by atoms with E-state index in [-0.39, 0.29) is 18.7 Å². The summed E-state index contributed by atoms with van der Waals surface area (Å²) < 4.78 is 48.7. The summed E-state index contributed by atoms with van der Waals surface area (Å²) in [7, 11) is -2.55. The van der Waals surface area contributed by atoms with Crippen molar-refractivity contribution >= 4 is 21.7 Å². The van der Waals surface area contributed by atoms with Crippen LogP contribution in [0, 0.1) is 27.8 Å². The van der Waals surface area contributed by atoms with Gasteiger partial charge in [0.15, 0.2) is 11.6 Å². The number of hydrogen-bond donors (Lipinski definition) is 4. The second-order valence-corrected chi connectivity index (χ2v) is 13.3. The molecule has 9 nitrogen and oxygen atoms in total. The number of aromatic nitrogens is 3. The maximum atomic E-state index is 14.7. The first kappa shape index (κ1) is 27.9. The number of nitrogens with zero attached hydrogens (tertiary/aromatic N) is 5. The molecule has 2 fully saturated rings. The Morgan fingerprint density at radius 1 is 1.25 bits per heavy atom. The predicted octanol–water partition coefficient (Wildman–Crippen LogP) is 4.27. The highest BCUT2D eigenvalue weighted by atomic mass is 32.3. The molecule has 212 valence electrons. The van der Waals surface area contributed by atoms with Crippen LogP contribution in [0.1, 0.15) is 37.8 Å². The zero-order chi connectivity index (χ0) is 28.4. The molecule has 40 heavy (non-hydrogen) atoms. The molecule has 3 aromatic rings. The molecule has 1 aliphatic heterocycles. The van der Waals surface area contributed by atoms with Gasteiger partial charge < -0.3 is 14.8 Å². The highest BCUT2D eigenvalue weighted by molar-refractivity contribution is 7.98. The van der Waals surface area contributed by atoms with E-state index in [2.05, 4.69) is 15.2 Å². The molecule has 1 amide bonds. The third-order valence-electron chi connectivity index (χ3n) is 7.75. The first-order chi connectivity index (χ1) is 19.1. The number of hydrogen-bond acceptors (Lipinski definition) is 6. The van der Waals surface area contributed by atoms with E-state index in [0.717, 1.165) is 11.3 Å². The van der Waals surface area contributed by atoms with Gasteiger partial charge in [-0.2, -0.15) is 10.4 Å². The van der Waals surface area contributed by atoms with E-state index in [4.69, 9.17) is 9.88 Å². The minimum atomic E-state index is -2.55. The number of benzene rings is 1. The second kappa shape index (κ2) is 11.4. The molecule has 0 spiro atoms. The summed E-state index contributed by atoms with van der Waals surface area (Å²) in [6.07, 6.45) is 2.68. The standard InChI is InChI=1S/C28H33F2N7O2S/c1-18(16-31)34-28(38)23-15-20(29)6-9-22(23)26-24(17-37(35-26)27-25(30)3-2-10-33-27)19-4-7-21(8-5-19)36-11-13-40(32,39)14-12-36/h2-5,7-8,10,17-18,20,22-23,40H,6,9,11-15H2,1H3,(H2,32,39)(H,34,38)/t18-,20-,22+,23+/m0/s1. The number of pyridine rings is 1. The maximum absolute atomic E-state index is 14.7. The lowest BCUT2D eigenvalue weighted by molar-refractivity contribution is -0.127. The van der Waals surface area contributed by atoms with Gasteiger partial charge in [0, 0.05) is 60.1 Å². The molecule has 2 aromatic heterocycles. The topological polar surface area (TPSA) is 131 Å². The maximum Gasteiger partial charge on any atom is 0.224 e. The number of nitrogens with one attached hydrogen (secondary N) is 2. The number of amides is 1. The van der Waals surface area contributed by atoms with E-state index < -0.39 is 45.9 Å². The number of carbonyl (C=O) groups excluding carboxylic acids is 1. The van der Waals surface area contributed by atoms with E-state index in [1.54, 1.807) is 13.1 Å². The van der Waals surface area contributed by atoms with Crippen LogP contribution >= 0.6 is 0 Å². The Kier molecular flexibility index (Phi) is 7.96. The molecular weight excluding hydrogens is 536 g/mol. The van der Waals surface area contributed by atoms with Gasteiger partial charge in [0.25, 0.3) is 0 Å². The molecule has 12 heteroatoms. The van der Waals surface area contributed by atoms with Crippen LogP contribution in [0.2, 0.25) is 0 Å². The molecule has 1 aliphatic carbocycles. The fourth-order valence-electron chi connectivity index (χ4n) is 5.53. The molecule has 0 unspecified atom stereocenters. The number of alkyl halides is 1. The van der Waals surface area contributed by atoms with Crippen LogP contribution in [0.5, 0.6) is 0 Å². The summed E-state index contributed by atoms with van der Waals surface area (Å²) in [5.41, 5.74) is 3.01. The Labute approximate surface area is 232 Å². The molecule has 1 saturated carbocycles. The second-order valence-electron chi connectivity index (χ2n) is 10.6. The normalized spacial score (nSPS) is 24.1. The van der Waals surface area contributed by atoms with Crippen molar-refractivity contribution in [1.29, 1.82) is 10.0 Å². The summed E-state index contributed by atoms with van der Waals surface area (Å²) in [4.78, 5) is 19.5. The minimum absolute atomic E-state index is 0.0117. The molecule has 3 heterocycles. The van der Waals surface area contributed by atoms with Crippen molar-refractivity contribution in [2.75, 3.05) is 29.5 Å². The fraction of sp³-hybridized carbons (Fsp3) is 0.429. The number of anilines is 1. The zero-order valence-electron chi connectivity index (χ0n) is 22.2. The zero-order valence-corrected chi connectivity index (χ0v) is 23.1. The lowest BCUT2D eigenvalue weighted by Gasteiger charge is -2.36. The Morgan fingerprint density at radius 3 is 2.65 bits per heavy atom. The van der Waals surface area contributed by atoms with Crippen molar-refractivity contribution in [3.8, 4) is 23.0 Å². The van der Waals surface area contributed by atoms with Crippen LogP contribution in [-0.2, 0) is 14.9 Å². The van der Waals surface area contributed by atoms with Crippen molar-refractivity contribution in [2.24, 2.45) is 5.92 Å². The van der Waals surface area contributed by atoms with Gasteiger partial charge in [-0.1, -0.05) is 12.1 Å². The van der Waals surface area contributed by atoms with Crippen LogP contribution in [0.15, 0.2) is 48.8 Å².